The van der Waals surface area contributed by atoms with E-state index >= 15 is 0 Å². The first kappa shape index (κ1) is 9.26. The minimum Gasteiger partial charge on any atom is -0.497 e. The second-order valence-electron chi connectivity index (χ2n) is 2.23. The van der Waals surface area contributed by atoms with E-state index < -0.39 is 6.43 Å². The largest absolute Gasteiger partial charge is 0.497 e. The fourth-order valence-corrected chi connectivity index (χ4v) is 1.06. The van der Waals surface area contributed by atoms with Gasteiger partial charge in [-0.1, -0.05) is 11.6 Å². The van der Waals surface area contributed by atoms with Gasteiger partial charge in [-0.15, -0.1) is 0 Å². The van der Waals surface area contributed by atoms with Crippen LogP contribution in [0.15, 0.2) is 18.2 Å². The van der Waals surface area contributed by atoms with Crippen LogP contribution in [0.4, 0.5) is 8.78 Å². The molecule has 1 aromatic carbocycles. The normalized spacial score (nSPS) is 10.4. The monoisotopic (exact) mass is 192 g/mol. The molecular formula is C8H7ClF2O. The van der Waals surface area contributed by atoms with Gasteiger partial charge >= 0.3 is 0 Å². The van der Waals surface area contributed by atoms with Crippen LogP contribution in [0.25, 0.3) is 0 Å². The number of methoxy groups -OCH3 is 1. The Morgan fingerprint density at radius 1 is 1.33 bits per heavy atom. The van der Waals surface area contributed by atoms with E-state index in [-0.39, 0.29) is 10.6 Å². The van der Waals surface area contributed by atoms with Crippen LogP contribution in [0.5, 0.6) is 5.75 Å². The summed E-state index contributed by atoms with van der Waals surface area (Å²) in [6.45, 7) is 0. The molecule has 0 aliphatic rings. The lowest BCUT2D eigenvalue weighted by Crippen LogP contribution is -1.87. The molecule has 0 amide bonds. The summed E-state index contributed by atoms with van der Waals surface area (Å²) in [6.07, 6.45) is -2.52. The predicted molar refractivity (Wildman–Crippen MR) is 43.0 cm³/mol. The molecule has 0 bridgehead atoms. The summed E-state index contributed by atoms with van der Waals surface area (Å²) in [5, 5.41) is 0.254. The van der Waals surface area contributed by atoms with E-state index in [0.717, 1.165) is 0 Å². The molecule has 0 unspecified atom stereocenters. The molecule has 4 heteroatoms. The molecule has 0 radical (unpaired) electrons. The van der Waals surface area contributed by atoms with Crippen LogP contribution in [0.2, 0.25) is 5.02 Å². The summed E-state index contributed by atoms with van der Waals surface area (Å²) in [6, 6.07) is 3.96. The third-order valence-corrected chi connectivity index (χ3v) is 1.60. The lowest BCUT2D eigenvalue weighted by molar-refractivity contribution is 0.151. The Morgan fingerprint density at radius 3 is 2.50 bits per heavy atom. The average Bonchev–Trinajstić information content (AvgIpc) is 2.03. The highest BCUT2D eigenvalue weighted by Gasteiger charge is 2.09. The van der Waals surface area contributed by atoms with E-state index in [1.165, 1.54) is 25.3 Å². The number of rotatable bonds is 2. The van der Waals surface area contributed by atoms with E-state index in [0.29, 0.717) is 5.75 Å². The van der Waals surface area contributed by atoms with Crippen LogP contribution in [-0.4, -0.2) is 7.11 Å². The van der Waals surface area contributed by atoms with Crippen molar-refractivity contribution in [3.63, 3.8) is 0 Å². The standard InChI is InChI=1S/C8H7ClF2O/c1-12-7-3-5(8(10)11)2-6(9)4-7/h2-4,8H,1H3. The molecule has 0 spiro atoms. The fraction of sp³-hybridized carbons (Fsp3) is 0.250. The quantitative estimate of drug-likeness (QED) is 0.699. The van der Waals surface area contributed by atoms with Crippen LogP contribution in [0, 0.1) is 0 Å². The molecule has 0 aliphatic carbocycles. The topological polar surface area (TPSA) is 9.23 Å². The van der Waals surface area contributed by atoms with Gasteiger partial charge in [0.25, 0.3) is 6.43 Å². The van der Waals surface area contributed by atoms with Gasteiger partial charge < -0.3 is 4.74 Å². The maximum atomic E-state index is 12.1. The molecule has 12 heavy (non-hydrogen) atoms. The van der Waals surface area contributed by atoms with Crippen molar-refractivity contribution in [2.45, 2.75) is 6.43 Å². The van der Waals surface area contributed by atoms with Crippen LogP contribution in [-0.2, 0) is 0 Å². The van der Waals surface area contributed by atoms with Crippen molar-refractivity contribution in [1.29, 1.82) is 0 Å². The minimum atomic E-state index is -2.52. The van der Waals surface area contributed by atoms with Gasteiger partial charge in [0.05, 0.1) is 7.11 Å². The first-order valence-electron chi connectivity index (χ1n) is 3.26. The fourth-order valence-electron chi connectivity index (χ4n) is 0.828. The van der Waals surface area contributed by atoms with Gasteiger partial charge in [0.15, 0.2) is 0 Å². The zero-order valence-corrected chi connectivity index (χ0v) is 7.11. The van der Waals surface area contributed by atoms with E-state index in [4.69, 9.17) is 16.3 Å². The van der Waals surface area contributed by atoms with Crippen molar-refractivity contribution in [3.05, 3.63) is 28.8 Å². The first-order valence-corrected chi connectivity index (χ1v) is 3.64. The number of hydrogen-bond acceptors (Lipinski definition) is 1. The molecule has 1 aromatic rings. The molecule has 0 fully saturated rings. The third kappa shape index (κ3) is 2.08. The lowest BCUT2D eigenvalue weighted by atomic mass is 10.2. The number of hydrogen-bond donors (Lipinski definition) is 0. The van der Waals surface area contributed by atoms with Crippen LogP contribution >= 0.6 is 11.6 Å². The summed E-state index contributed by atoms with van der Waals surface area (Å²) in [4.78, 5) is 0. The van der Waals surface area contributed by atoms with Crippen LogP contribution < -0.4 is 4.74 Å². The van der Waals surface area contributed by atoms with Gasteiger partial charge in [0.2, 0.25) is 0 Å². The van der Waals surface area contributed by atoms with Gasteiger partial charge in [-0.3, -0.25) is 0 Å². The molecule has 66 valence electrons. The second kappa shape index (κ2) is 3.72. The van der Waals surface area contributed by atoms with Gasteiger partial charge in [-0.05, 0) is 18.2 Å². The molecule has 1 nitrogen and oxygen atoms in total. The molecule has 0 saturated carbocycles. The van der Waals surface area contributed by atoms with E-state index in [1.807, 2.05) is 0 Å². The van der Waals surface area contributed by atoms with Crippen molar-refractivity contribution in [1.82, 2.24) is 0 Å². The van der Waals surface area contributed by atoms with Gasteiger partial charge in [-0.2, -0.15) is 0 Å². The molecule has 0 atom stereocenters. The zero-order chi connectivity index (χ0) is 9.14. The molecule has 0 saturated heterocycles. The summed E-state index contributed by atoms with van der Waals surface area (Å²) < 4.78 is 29.1. The Bertz CT molecular complexity index is 276. The van der Waals surface area contributed by atoms with Crippen molar-refractivity contribution in [3.8, 4) is 5.75 Å². The van der Waals surface area contributed by atoms with Crippen molar-refractivity contribution < 1.29 is 13.5 Å². The molecule has 0 heterocycles. The Labute approximate surface area is 73.9 Å². The summed E-state index contributed by atoms with van der Waals surface area (Å²) >= 11 is 5.56. The van der Waals surface area contributed by atoms with E-state index in [9.17, 15) is 8.78 Å². The van der Waals surface area contributed by atoms with E-state index in [2.05, 4.69) is 0 Å². The SMILES string of the molecule is COc1cc(Cl)cc(C(F)F)c1. The number of ether oxygens (including phenoxy) is 1. The predicted octanol–water partition coefficient (Wildman–Crippen LogP) is 3.29. The summed E-state index contributed by atoms with van der Waals surface area (Å²) in [7, 11) is 1.40. The zero-order valence-electron chi connectivity index (χ0n) is 6.35. The molecule has 1 rings (SSSR count). The van der Waals surface area contributed by atoms with Crippen molar-refractivity contribution >= 4 is 11.6 Å². The summed E-state index contributed by atoms with van der Waals surface area (Å²) in [5.74, 6) is 0.345. The molecule has 0 N–H and O–H groups in total. The Morgan fingerprint density at radius 2 is 2.00 bits per heavy atom. The van der Waals surface area contributed by atoms with Crippen molar-refractivity contribution in [2.75, 3.05) is 7.11 Å². The number of alkyl halides is 2. The minimum absolute atomic E-state index is 0.126. The van der Waals surface area contributed by atoms with Gasteiger partial charge in [-0.25, -0.2) is 8.78 Å². The highest BCUT2D eigenvalue weighted by atomic mass is 35.5. The van der Waals surface area contributed by atoms with Gasteiger partial charge in [0.1, 0.15) is 5.75 Å². The molecule has 0 aliphatic heterocycles. The maximum absolute atomic E-state index is 12.1. The third-order valence-electron chi connectivity index (χ3n) is 1.38. The lowest BCUT2D eigenvalue weighted by Gasteiger charge is -2.04. The van der Waals surface area contributed by atoms with Crippen LogP contribution in [0.3, 0.4) is 0 Å². The smallest absolute Gasteiger partial charge is 0.264 e. The highest BCUT2D eigenvalue weighted by Crippen LogP contribution is 2.27. The average molecular weight is 193 g/mol. The summed E-state index contributed by atoms with van der Waals surface area (Å²) in [5.41, 5.74) is -0.126. The Kier molecular flexibility index (Phi) is 2.87. The van der Waals surface area contributed by atoms with E-state index in [1.54, 1.807) is 0 Å². The second-order valence-corrected chi connectivity index (χ2v) is 2.66. The number of halogens is 3. The van der Waals surface area contributed by atoms with Crippen LogP contribution in [0.1, 0.15) is 12.0 Å². The Hall–Kier alpha value is -0.830. The molecule has 0 aromatic heterocycles. The maximum Gasteiger partial charge on any atom is 0.264 e. The van der Waals surface area contributed by atoms with Crippen molar-refractivity contribution in [2.24, 2.45) is 0 Å². The molecular weight excluding hydrogens is 186 g/mol. The van der Waals surface area contributed by atoms with Gasteiger partial charge in [0, 0.05) is 10.6 Å². The highest BCUT2D eigenvalue weighted by molar-refractivity contribution is 6.30. The number of benzene rings is 1. The first-order chi connectivity index (χ1) is 5.63. The Balaban J connectivity index is 3.06.